The minimum Gasteiger partial charge on any atom is -0.336 e. The lowest BCUT2D eigenvalue weighted by molar-refractivity contribution is -0.132. The van der Waals surface area contributed by atoms with Crippen LogP contribution in [0.5, 0.6) is 0 Å². The smallest absolute Gasteiger partial charge is 0.262 e. The molecule has 4 rings (SSSR count). The van der Waals surface area contributed by atoms with Crippen molar-refractivity contribution in [3.63, 3.8) is 0 Å². The molecule has 0 aromatic carbocycles. The highest BCUT2D eigenvalue weighted by Crippen LogP contribution is 2.33. The number of aryl methyl sites for hydroxylation is 2. The molecule has 142 valence electrons. The maximum Gasteiger partial charge on any atom is 0.262 e. The van der Waals surface area contributed by atoms with Crippen molar-refractivity contribution < 1.29 is 4.79 Å². The highest BCUT2D eigenvalue weighted by atomic mass is 79.9. The SMILES string of the molecule is CCN(Cc1ccc(Br)s1)C(=O)Cn1cnc2sc3c(c2c1=O)CCCC3. The van der Waals surface area contributed by atoms with Crippen LogP contribution in [0.3, 0.4) is 0 Å². The van der Waals surface area contributed by atoms with Gasteiger partial charge < -0.3 is 4.90 Å². The first-order chi connectivity index (χ1) is 13.1. The van der Waals surface area contributed by atoms with E-state index in [1.807, 2.05) is 19.1 Å². The minimum absolute atomic E-state index is 0.0345. The zero-order chi connectivity index (χ0) is 19.0. The molecule has 1 aliphatic rings. The van der Waals surface area contributed by atoms with Gasteiger partial charge in [0.1, 0.15) is 11.4 Å². The predicted molar refractivity (Wildman–Crippen MR) is 114 cm³/mol. The molecule has 0 atom stereocenters. The van der Waals surface area contributed by atoms with Gasteiger partial charge in [0.25, 0.3) is 5.56 Å². The summed E-state index contributed by atoms with van der Waals surface area (Å²) in [5, 5.41) is 0.732. The predicted octanol–water partition coefficient (Wildman–Crippen LogP) is 4.21. The molecular weight excluding hydrogens is 446 g/mol. The molecule has 0 fully saturated rings. The second-order valence-electron chi connectivity index (χ2n) is 6.68. The van der Waals surface area contributed by atoms with Gasteiger partial charge in [-0.15, -0.1) is 22.7 Å². The number of fused-ring (bicyclic) bond motifs is 3. The monoisotopic (exact) mass is 465 g/mol. The van der Waals surface area contributed by atoms with E-state index >= 15 is 0 Å². The van der Waals surface area contributed by atoms with Crippen LogP contribution in [0.1, 0.15) is 35.1 Å². The molecule has 5 nitrogen and oxygen atoms in total. The molecule has 0 saturated heterocycles. The van der Waals surface area contributed by atoms with Crippen LogP contribution < -0.4 is 5.56 Å². The van der Waals surface area contributed by atoms with Gasteiger partial charge in [-0.1, -0.05) is 0 Å². The van der Waals surface area contributed by atoms with Crippen molar-refractivity contribution in [2.24, 2.45) is 0 Å². The highest BCUT2D eigenvalue weighted by molar-refractivity contribution is 9.11. The van der Waals surface area contributed by atoms with E-state index in [2.05, 4.69) is 20.9 Å². The van der Waals surface area contributed by atoms with E-state index in [0.717, 1.165) is 43.7 Å². The van der Waals surface area contributed by atoms with E-state index in [-0.39, 0.29) is 18.0 Å². The summed E-state index contributed by atoms with van der Waals surface area (Å²) in [5.41, 5.74) is 1.08. The Kier molecular flexibility index (Phi) is 5.48. The Morgan fingerprint density at radius 3 is 2.85 bits per heavy atom. The van der Waals surface area contributed by atoms with E-state index in [1.165, 1.54) is 22.2 Å². The van der Waals surface area contributed by atoms with Crippen LogP contribution in [0, 0.1) is 0 Å². The van der Waals surface area contributed by atoms with Crippen molar-refractivity contribution in [2.75, 3.05) is 6.54 Å². The maximum atomic E-state index is 13.0. The quantitative estimate of drug-likeness (QED) is 0.566. The molecule has 0 saturated carbocycles. The van der Waals surface area contributed by atoms with E-state index in [9.17, 15) is 9.59 Å². The Morgan fingerprint density at radius 2 is 2.11 bits per heavy atom. The second-order valence-corrected chi connectivity index (χ2v) is 10.3. The number of hydrogen-bond donors (Lipinski definition) is 0. The van der Waals surface area contributed by atoms with Crippen LogP contribution in [0.4, 0.5) is 0 Å². The molecule has 0 bridgehead atoms. The first-order valence-corrected chi connectivity index (χ1v) is 11.5. The topological polar surface area (TPSA) is 55.2 Å². The summed E-state index contributed by atoms with van der Waals surface area (Å²) in [7, 11) is 0. The second kappa shape index (κ2) is 7.85. The van der Waals surface area contributed by atoms with Crippen molar-refractivity contribution >= 4 is 54.7 Å². The Hall–Kier alpha value is -1.51. The molecule has 1 amide bonds. The summed E-state index contributed by atoms with van der Waals surface area (Å²) in [6, 6.07) is 4.00. The fraction of sp³-hybridized carbons (Fsp3) is 0.421. The zero-order valence-corrected chi connectivity index (χ0v) is 18.3. The lowest BCUT2D eigenvalue weighted by Gasteiger charge is -2.20. The number of halogens is 1. The zero-order valence-electron chi connectivity index (χ0n) is 15.0. The van der Waals surface area contributed by atoms with Gasteiger partial charge in [0.2, 0.25) is 5.91 Å². The standard InChI is InChI=1S/C19H20BrN3O2S2/c1-2-22(9-12-7-8-15(20)26-12)16(24)10-23-11-21-18-17(19(23)25)13-5-3-4-6-14(13)27-18/h7-8,11H,2-6,9-10H2,1H3. The van der Waals surface area contributed by atoms with Gasteiger partial charge in [0, 0.05) is 16.3 Å². The van der Waals surface area contributed by atoms with Gasteiger partial charge >= 0.3 is 0 Å². The first kappa shape index (κ1) is 18.8. The number of carbonyl (C=O) groups excluding carboxylic acids is 1. The van der Waals surface area contributed by atoms with Gasteiger partial charge in [-0.25, -0.2) is 4.98 Å². The van der Waals surface area contributed by atoms with Crippen LogP contribution in [0.15, 0.2) is 27.0 Å². The fourth-order valence-electron chi connectivity index (χ4n) is 3.54. The number of nitrogens with zero attached hydrogens (tertiary/aromatic N) is 3. The number of aromatic nitrogens is 2. The summed E-state index contributed by atoms with van der Waals surface area (Å²) in [6.07, 6.45) is 5.80. The molecule has 8 heteroatoms. The van der Waals surface area contributed by atoms with Gasteiger partial charge in [-0.2, -0.15) is 0 Å². The summed E-state index contributed by atoms with van der Waals surface area (Å²) >= 11 is 6.71. The molecule has 3 aromatic rings. The highest BCUT2D eigenvalue weighted by Gasteiger charge is 2.21. The van der Waals surface area contributed by atoms with E-state index in [4.69, 9.17) is 0 Å². The lowest BCUT2D eigenvalue weighted by Crippen LogP contribution is -2.36. The van der Waals surface area contributed by atoms with Crippen LogP contribution in [0.25, 0.3) is 10.2 Å². The van der Waals surface area contributed by atoms with E-state index in [0.29, 0.717) is 13.1 Å². The molecule has 0 N–H and O–H groups in total. The van der Waals surface area contributed by atoms with E-state index in [1.54, 1.807) is 27.6 Å². The summed E-state index contributed by atoms with van der Waals surface area (Å²) in [5.74, 6) is -0.0608. The summed E-state index contributed by atoms with van der Waals surface area (Å²) in [6.45, 7) is 3.16. The van der Waals surface area contributed by atoms with Crippen LogP contribution in [-0.4, -0.2) is 26.9 Å². The average Bonchev–Trinajstić information content (AvgIpc) is 3.25. The number of likely N-dealkylation sites (N-methyl/N-ethyl adjacent to an activating group) is 1. The Bertz CT molecular complexity index is 1050. The Labute approximate surface area is 173 Å². The van der Waals surface area contributed by atoms with Gasteiger partial charge in [0.05, 0.1) is 22.0 Å². The van der Waals surface area contributed by atoms with Crippen molar-refractivity contribution in [1.29, 1.82) is 0 Å². The third kappa shape index (κ3) is 3.75. The number of hydrogen-bond acceptors (Lipinski definition) is 5. The fourth-order valence-corrected chi connectivity index (χ4v) is 6.26. The van der Waals surface area contributed by atoms with Crippen molar-refractivity contribution in [1.82, 2.24) is 14.5 Å². The van der Waals surface area contributed by atoms with E-state index < -0.39 is 0 Å². The Balaban J connectivity index is 1.59. The number of thiophene rings is 2. The van der Waals surface area contributed by atoms with Crippen molar-refractivity contribution in [3.05, 3.63) is 47.9 Å². The molecule has 0 spiro atoms. The number of rotatable bonds is 5. The minimum atomic E-state index is -0.0809. The summed E-state index contributed by atoms with van der Waals surface area (Å²) < 4.78 is 2.52. The maximum absolute atomic E-state index is 13.0. The molecule has 0 unspecified atom stereocenters. The normalized spacial score (nSPS) is 13.7. The van der Waals surface area contributed by atoms with Crippen LogP contribution in [-0.2, 0) is 30.7 Å². The molecule has 3 heterocycles. The Morgan fingerprint density at radius 1 is 1.30 bits per heavy atom. The molecule has 3 aromatic heterocycles. The van der Waals surface area contributed by atoms with Gasteiger partial charge in [0.15, 0.2) is 0 Å². The average molecular weight is 466 g/mol. The molecule has 1 aliphatic carbocycles. The van der Waals surface area contributed by atoms with Gasteiger partial charge in [-0.05, 0) is 66.2 Å². The largest absolute Gasteiger partial charge is 0.336 e. The van der Waals surface area contributed by atoms with Gasteiger partial charge in [-0.3, -0.25) is 14.2 Å². The number of carbonyl (C=O) groups is 1. The molecule has 27 heavy (non-hydrogen) atoms. The first-order valence-electron chi connectivity index (χ1n) is 9.08. The molecule has 0 aliphatic heterocycles. The third-order valence-electron chi connectivity index (χ3n) is 4.96. The third-order valence-corrected chi connectivity index (χ3v) is 7.77. The summed E-state index contributed by atoms with van der Waals surface area (Å²) in [4.78, 5) is 35.3. The van der Waals surface area contributed by atoms with Crippen molar-refractivity contribution in [3.8, 4) is 0 Å². The van der Waals surface area contributed by atoms with Crippen LogP contribution in [0.2, 0.25) is 0 Å². The number of amides is 1. The molecule has 0 radical (unpaired) electrons. The van der Waals surface area contributed by atoms with Crippen LogP contribution >= 0.6 is 38.6 Å². The lowest BCUT2D eigenvalue weighted by atomic mass is 9.97. The molecular formula is C19H20BrN3O2S2. The van der Waals surface area contributed by atoms with Crippen molar-refractivity contribution in [2.45, 2.75) is 45.7 Å².